The molecule has 1 atom stereocenters. The monoisotopic (exact) mass is 913 g/mol. The molecule has 0 aliphatic carbocycles. The fourth-order valence-corrected chi connectivity index (χ4v) is 6.87. The number of hydrogen-bond donors (Lipinski definition) is 0. The Hall–Kier alpha value is -4.19. The molecule has 0 spiro atoms. The second-order valence-corrected chi connectivity index (χ2v) is 17.1. The summed E-state index contributed by atoms with van der Waals surface area (Å²) < 4.78 is 16.7. The maximum Gasteiger partial charge on any atom is 0.306 e. The second-order valence-electron chi connectivity index (χ2n) is 17.1. The molecule has 0 saturated carbocycles. The lowest BCUT2D eigenvalue weighted by molar-refractivity contribution is -0.167. The molecule has 0 radical (unpaired) electrons. The van der Waals surface area contributed by atoms with Crippen LogP contribution in [0.5, 0.6) is 0 Å². The molecule has 0 N–H and O–H groups in total. The quantitative estimate of drug-likeness (QED) is 0.0199. The minimum atomic E-state index is -0.820. The Labute approximate surface area is 405 Å². The summed E-state index contributed by atoms with van der Waals surface area (Å²) in [6, 6.07) is 0. The van der Waals surface area contributed by atoms with Crippen LogP contribution < -0.4 is 0 Å². The molecule has 1 unspecified atom stereocenters. The topological polar surface area (TPSA) is 78.9 Å². The number of ether oxygens (including phenoxy) is 3. The number of hydrogen-bond acceptors (Lipinski definition) is 6. The van der Waals surface area contributed by atoms with Gasteiger partial charge in [0.25, 0.3) is 0 Å². The van der Waals surface area contributed by atoms with Crippen LogP contribution in [-0.2, 0) is 28.6 Å². The molecule has 0 saturated heterocycles. The average Bonchev–Trinajstić information content (AvgIpc) is 3.31. The van der Waals surface area contributed by atoms with E-state index in [0.717, 1.165) is 103 Å². The Morgan fingerprint density at radius 3 is 1.17 bits per heavy atom. The number of esters is 3. The van der Waals surface area contributed by atoms with Gasteiger partial charge in [-0.1, -0.05) is 226 Å². The molecule has 0 amide bonds. The predicted octanol–water partition coefficient (Wildman–Crippen LogP) is 17.7. The van der Waals surface area contributed by atoms with E-state index in [9.17, 15) is 14.4 Å². The van der Waals surface area contributed by atoms with Gasteiger partial charge in [-0.15, -0.1) is 0 Å². The molecule has 6 nitrogen and oxygen atoms in total. The Kier molecular flexibility index (Phi) is 50.0. The number of carbonyl (C=O) groups is 3. The molecule has 0 aromatic rings. The smallest absolute Gasteiger partial charge is 0.306 e. The van der Waals surface area contributed by atoms with Gasteiger partial charge in [0.15, 0.2) is 6.10 Å². The summed E-state index contributed by atoms with van der Waals surface area (Å²) in [7, 11) is 0. The van der Waals surface area contributed by atoms with E-state index >= 15 is 0 Å². The highest BCUT2D eigenvalue weighted by atomic mass is 16.6. The number of allylic oxidation sites excluding steroid dienone is 20. The van der Waals surface area contributed by atoms with Gasteiger partial charge in [0, 0.05) is 19.3 Å². The average molecular weight is 913 g/mol. The Bertz CT molecular complexity index is 1420. The van der Waals surface area contributed by atoms with Crippen LogP contribution in [0.25, 0.3) is 0 Å². The molecule has 0 aliphatic rings. The highest BCUT2D eigenvalue weighted by Crippen LogP contribution is 2.13. The third-order valence-electron chi connectivity index (χ3n) is 10.8. The number of rotatable bonds is 46. The lowest BCUT2D eigenvalue weighted by Crippen LogP contribution is -2.30. The van der Waals surface area contributed by atoms with Crippen molar-refractivity contribution < 1.29 is 28.6 Å². The summed E-state index contributed by atoms with van der Waals surface area (Å²) in [6.07, 6.45) is 73.3. The molecule has 6 heteroatoms. The third-order valence-corrected chi connectivity index (χ3v) is 10.8. The van der Waals surface area contributed by atoms with Crippen LogP contribution in [0.3, 0.4) is 0 Å². The van der Waals surface area contributed by atoms with Gasteiger partial charge in [-0.2, -0.15) is 0 Å². The third kappa shape index (κ3) is 50.8. The largest absolute Gasteiger partial charge is 0.462 e. The summed E-state index contributed by atoms with van der Waals surface area (Å²) in [5.41, 5.74) is 0. The summed E-state index contributed by atoms with van der Waals surface area (Å²) >= 11 is 0. The lowest BCUT2D eigenvalue weighted by Gasteiger charge is -2.18. The van der Waals surface area contributed by atoms with E-state index in [1.54, 1.807) is 0 Å². The molecule has 0 fully saturated rings. The summed E-state index contributed by atoms with van der Waals surface area (Å²) in [5, 5.41) is 0. The van der Waals surface area contributed by atoms with Gasteiger partial charge in [-0.25, -0.2) is 0 Å². The molecule has 66 heavy (non-hydrogen) atoms. The van der Waals surface area contributed by atoms with Crippen LogP contribution in [0.1, 0.15) is 220 Å². The number of unbranched alkanes of at least 4 members (excludes halogenated alkanes) is 19. The molecular weight excluding hydrogens is 817 g/mol. The van der Waals surface area contributed by atoms with Crippen LogP contribution in [0.2, 0.25) is 0 Å². The van der Waals surface area contributed by atoms with Crippen molar-refractivity contribution in [3.63, 3.8) is 0 Å². The number of carbonyl (C=O) groups excluding carboxylic acids is 3. The first-order chi connectivity index (χ1) is 32.5. The van der Waals surface area contributed by atoms with E-state index in [4.69, 9.17) is 14.2 Å². The zero-order valence-corrected chi connectivity index (χ0v) is 42.4. The van der Waals surface area contributed by atoms with Gasteiger partial charge in [0.1, 0.15) is 13.2 Å². The molecule has 0 bridgehead atoms. The minimum absolute atomic E-state index is 0.115. The van der Waals surface area contributed by atoms with Crippen LogP contribution >= 0.6 is 0 Å². The fourth-order valence-electron chi connectivity index (χ4n) is 6.87. The first-order valence-corrected chi connectivity index (χ1v) is 26.6. The maximum atomic E-state index is 12.8. The summed E-state index contributed by atoms with van der Waals surface area (Å²) in [5.74, 6) is -1.02. The molecular formula is C60H96O6. The van der Waals surface area contributed by atoms with E-state index in [-0.39, 0.29) is 37.5 Å². The molecule has 0 heterocycles. The molecule has 0 aromatic carbocycles. The van der Waals surface area contributed by atoms with Crippen molar-refractivity contribution in [3.05, 3.63) is 122 Å². The van der Waals surface area contributed by atoms with Crippen molar-refractivity contribution >= 4 is 17.9 Å². The zero-order valence-electron chi connectivity index (χ0n) is 42.4. The van der Waals surface area contributed by atoms with E-state index in [2.05, 4.69) is 87.6 Å². The van der Waals surface area contributed by atoms with Gasteiger partial charge >= 0.3 is 17.9 Å². The van der Waals surface area contributed by atoms with Crippen molar-refractivity contribution in [2.75, 3.05) is 13.2 Å². The van der Waals surface area contributed by atoms with Crippen LogP contribution in [-0.4, -0.2) is 37.2 Å². The van der Waals surface area contributed by atoms with Gasteiger partial charge in [0.05, 0.1) is 0 Å². The highest BCUT2D eigenvalue weighted by molar-refractivity contribution is 5.71. The predicted molar refractivity (Wildman–Crippen MR) is 283 cm³/mol. The Morgan fingerprint density at radius 1 is 0.333 bits per heavy atom. The van der Waals surface area contributed by atoms with Gasteiger partial charge < -0.3 is 14.2 Å². The first-order valence-electron chi connectivity index (χ1n) is 26.6. The Morgan fingerprint density at radius 2 is 0.682 bits per heavy atom. The first kappa shape index (κ1) is 61.8. The normalized spacial score (nSPS) is 13.1. The van der Waals surface area contributed by atoms with E-state index in [1.807, 2.05) is 54.7 Å². The van der Waals surface area contributed by atoms with Crippen molar-refractivity contribution in [1.29, 1.82) is 0 Å². The standard InChI is InChI=1S/C60H96O6/c1-4-7-10-13-16-19-22-25-27-29-30-31-33-35-38-41-44-47-50-53-59(62)65-56-57(55-64-58(61)52-49-46-43-40-37-34-24-21-18-15-12-9-6-3)66-60(63)54-51-48-45-42-39-36-32-28-26-23-20-17-14-11-8-5-2/h7,9-10,12,15-16,18-19,21,24-25,27-28,30-32,34,37,40,43,57H,4-6,8,11,13-14,17,20,22-23,26,29,33,35-36,38-39,41-42,44-56H2,1-3H3/b10-7+,12-9+,18-15+,19-16+,24-21+,27-25+,31-30+,32-28+,37-34+,43-40+. The minimum Gasteiger partial charge on any atom is -0.462 e. The molecule has 372 valence electrons. The SMILES string of the molecule is CC/C=C/C=C/C=C/C=C/C=C/CCCC(=O)OCC(COC(=O)CCCCCCCC/C=C/C/C=C/C/C=C/C/C=C/CC)OC(=O)CCCCCCC/C=C/CCCCCCCCC. The highest BCUT2D eigenvalue weighted by Gasteiger charge is 2.19. The van der Waals surface area contributed by atoms with Gasteiger partial charge in [-0.3, -0.25) is 14.4 Å². The van der Waals surface area contributed by atoms with Crippen molar-refractivity contribution in [1.82, 2.24) is 0 Å². The Balaban J connectivity index is 4.51. The van der Waals surface area contributed by atoms with Gasteiger partial charge in [0.2, 0.25) is 0 Å². The van der Waals surface area contributed by atoms with Crippen LogP contribution in [0.4, 0.5) is 0 Å². The van der Waals surface area contributed by atoms with Crippen LogP contribution in [0.15, 0.2) is 122 Å². The maximum absolute atomic E-state index is 12.8. The molecule has 0 rings (SSSR count). The van der Waals surface area contributed by atoms with E-state index < -0.39 is 6.10 Å². The van der Waals surface area contributed by atoms with E-state index in [1.165, 1.54) is 70.6 Å². The van der Waals surface area contributed by atoms with Gasteiger partial charge in [-0.05, 0) is 96.3 Å². The molecule has 0 aromatic heterocycles. The van der Waals surface area contributed by atoms with Crippen molar-refractivity contribution in [3.8, 4) is 0 Å². The van der Waals surface area contributed by atoms with E-state index in [0.29, 0.717) is 19.3 Å². The summed E-state index contributed by atoms with van der Waals surface area (Å²) in [4.78, 5) is 38.0. The zero-order chi connectivity index (χ0) is 47.9. The summed E-state index contributed by atoms with van der Waals surface area (Å²) in [6.45, 7) is 6.28. The van der Waals surface area contributed by atoms with Crippen molar-refractivity contribution in [2.45, 2.75) is 226 Å². The van der Waals surface area contributed by atoms with Crippen molar-refractivity contribution in [2.24, 2.45) is 0 Å². The van der Waals surface area contributed by atoms with Crippen LogP contribution in [0, 0.1) is 0 Å². The molecule has 0 aliphatic heterocycles. The lowest BCUT2D eigenvalue weighted by atomic mass is 10.1. The second kappa shape index (κ2) is 53.4. The fraction of sp³-hybridized carbons (Fsp3) is 0.617.